The summed E-state index contributed by atoms with van der Waals surface area (Å²) in [5.41, 5.74) is -0.834. The largest absolute Gasteiger partial charge is 0.465 e. The number of hydrogen-bond acceptors (Lipinski definition) is 5. The molecule has 1 saturated carbocycles. The average Bonchev–Trinajstić information content (AvgIpc) is 2.84. The molecule has 94 valence electrons. The van der Waals surface area contributed by atoms with Crippen molar-refractivity contribution in [3.8, 4) is 0 Å². The van der Waals surface area contributed by atoms with Gasteiger partial charge in [-0.2, -0.15) is 4.98 Å². The van der Waals surface area contributed by atoms with Gasteiger partial charge in [-0.1, -0.05) is 12.1 Å². The Hall–Kier alpha value is -1.39. The van der Waals surface area contributed by atoms with Crippen molar-refractivity contribution in [1.82, 2.24) is 10.1 Å². The molecule has 1 aliphatic carbocycles. The first kappa shape index (κ1) is 12.1. The summed E-state index contributed by atoms with van der Waals surface area (Å²) in [6.07, 6.45) is 2.15. The van der Waals surface area contributed by atoms with Gasteiger partial charge in [0.25, 0.3) is 0 Å². The van der Waals surface area contributed by atoms with Gasteiger partial charge in [-0.25, -0.2) is 0 Å². The van der Waals surface area contributed by atoms with Crippen LogP contribution in [0.3, 0.4) is 0 Å². The summed E-state index contributed by atoms with van der Waals surface area (Å²) in [4.78, 5) is 16.1. The molecule has 0 bridgehead atoms. The summed E-state index contributed by atoms with van der Waals surface area (Å²) in [6.45, 7) is 7.69. The Bertz CT molecular complexity index is 433. The third-order valence-electron chi connectivity index (χ3n) is 3.29. The molecule has 0 unspecified atom stereocenters. The summed E-state index contributed by atoms with van der Waals surface area (Å²) < 4.78 is 10.2. The maximum atomic E-state index is 11.8. The van der Waals surface area contributed by atoms with Gasteiger partial charge in [0.15, 0.2) is 5.82 Å². The van der Waals surface area contributed by atoms with Crippen molar-refractivity contribution in [3.63, 3.8) is 0 Å². The Morgan fingerprint density at radius 1 is 1.53 bits per heavy atom. The molecule has 5 nitrogen and oxygen atoms in total. The van der Waals surface area contributed by atoms with Crippen LogP contribution in [0.1, 0.15) is 52.3 Å². The van der Waals surface area contributed by atoms with E-state index in [1.165, 1.54) is 0 Å². The molecule has 0 N–H and O–H groups in total. The maximum absolute atomic E-state index is 11.8. The number of ether oxygens (including phenoxy) is 1. The van der Waals surface area contributed by atoms with E-state index in [1.54, 1.807) is 20.8 Å². The van der Waals surface area contributed by atoms with Gasteiger partial charge in [-0.15, -0.1) is 0 Å². The molecule has 0 aromatic carbocycles. The zero-order valence-corrected chi connectivity index (χ0v) is 10.7. The molecule has 0 spiro atoms. The minimum absolute atomic E-state index is 0.0481. The Labute approximate surface area is 101 Å². The number of rotatable bonds is 4. The molecular weight excluding hydrogens is 220 g/mol. The molecule has 0 saturated heterocycles. The van der Waals surface area contributed by atoms with Crippen molar-refractivity contribution in [2.45, 2.75) is 51.4 Å². The predicted molar refractivity (Wildman–Crippen MR) is 60.5 cm³/mol. The van der Waals surface area contributed by atoms with Crippen molar-refractivity contribution in [2.75, 3.05) is 6.61 Å². The zero-order chi connectivity index (χ0) is 12.7. The van der Waals surface area contributed by atoms with Gasteiger partial charge in [-0.05, 0) is 33.6 Å². The quantitative estimate of drug-likeness (QED) is 0.750. The summed E-state index contributed by atoms with van der Waals surface area (Å²) in [7, 11) is 0. The maximum Gasteiger partial charge on any atom is 0.321 e. The van der Waals surface area contributed by atoms with Gasteiger partial charge in [0.1, 0.15) is 5.41 Å². The van der Waals surface area contributed by atoms with Crippen molar-refractivity contribution >= 4 is 5.97 Å². The normalized spacial score (nSPS) is 17.9. The van der Waals surface area contributed by atoms with Crippen molar-refractivity contribution in [3.05, 3.63) is 11.7 Å². The number of carbonyl (C=O) groups excluding carboxylic acids is 1. The lowest BCUT2D eigenvalue weighted by atomic mass is 9.93. The lowest BCUT2D eigenvalue weighted by Crippen LogP contribution is -2.31. The molecule has 0 radical (unpaired) electrons. The standard InChI is InChI=1S/C12H18N2O3/c1-5-16-10(15)11(2,3)9-13-8(14-17-9)12(4)6-7-12/h5-7H2,1-4H3. The molecule has 1 aromatic rings. The summed E-state index contributed by atoms with van der Waals surface area (Å²) in [5, 5.41) is 3.96. The van der Waals surface area contributed by atoms with Crippen molar-refractivity contribution in [1.29, 1.82) is 0 Å². The number of carbonyl (C=O) groups is 1. The van der Waals surface area contributed by atoms with Gasteiger partial charge in [-0.3, -0.25) is 4.79 Å². The Morgan fingerprint density at radius 2 is 2.18 bits per heavy atom. The molecule has 0 amide bonds. The second-order valence-corrected chi connectivity index (χ2v) is 5.33. The van der Waals surface area contributed by atoms with Crippen LogP contribution in [0.4, 0.5) is 0 Å². The number of nitrogens with zero attached hydrogens (tertiary/aromatic N) is 2. The molecule has 1 aliphatic rings. The third-order valence-corrected chi connectivity index (χ3v) is 3.29. The number of hydrogen-bond donors (Lipinski definition) is 0. The highest BCUT2D eigenvalue weighted by atomic mass is 16.5. The average molecular weight is 238 g/mol. The smallest absolute Gasteiger partial charge is 0.321 e. The van der Waals surface area contributed by atoms with E-state index >= 15 is 0 Å². The minimum atomic E-state index is -0.882. The van der Waals surface area contributed by atoms with Crippen LogP contribution in [0.5, 0.6) is 0 Å². The van der Waals surface area contributed by atoms with Crippen LogP contribution < -0.4 is 0 Å². The van der Waals surface area contributed by atoms with E-state index in [9.17, 15) is 4.79 Å². The molecular formula is C12H18N2O3. The third kappa shape index (κ3) is 2.06. The fourth-order valence-corrected chi connectivity index (χ4v) is 1.53. The highest BCUT2D eigenvalue weighted by Crippen LogP contribution is 2.46. The molecule has 0 atom stereocenters. The van der Waals surface area contributed by atoms with Gasteiger partial charge < -0.3 is 9.26 Å². The van der Waals surface area contributed by atoms with Crippen molar-refractivity contribution in [2.24, 2.45) is 0 Å². The molecule has 2 rings (SSSR count). The SMILES string of the molecule is CCOC(=O)C(C)(C)c1nc(C2(C)CC2)no1. The first-order valence-corrected chi connectivity index (χ1v) is 5.92. The highest BCUT2D eigenvalue weighted by molar-refractivity contribution is 5.80. The van der Waals surface area contributed by atoms with Gasteiger partial charge >= 0.3 is 5.97 Å². The van der Waals surface area contributed by atoms with Crippen molar-refractivity contribution < 1.29 is 14.1 Å². The Kier molecular flexibility index (Phi) is 2.72. The fourth-order valence-electron chi connectivity index (χ4n) is 1.53. The van der Waals surface area contributed by atoms with Crippen LogP contribution in [0.25, 0.3) is 0 Å². The number of esters is 1. The highest BCUT2D eigenvalue weighted by Gasteiger charge is 2.45. The molecule has 0 aliphatic heterocycles. The zero-order valence-electron chi connectivity index (χ0n) is 10.7. The van der Waals surface area contributed by atoms with E-state index in [1.807, 2.05) is 0 Å². The monoisotopic (exact) mass is 238 g/mol. The molecule has 1 fully saturated rings. The first-order valence-electron chi connectivity index (χ1n) is 5.92. The summed E-state index contributed by atoms with van der Waals surface area (Å²) in [6, 6.07) is 0. The van der Waals surface area contributed by atoms with E-state index in [4.69, 9.17) is 9.26 Å². The molecule has 1 heterocycles. The van der Waals surface area contributed by atoms with E-state index in [2.05, 4.69) is 17.1 Å². The van der Waals surface area contributed by atoms with E-state index < -0.39 is 5.41 Å². The molecule has 17 heavy (non-hydrogen) atoms. The second kappa shape index (κ2) is 3.82. The van der Waals surface area contributed by atoms with Gasteiger partial charge in [0, 0.05) is 5.41 Å². The Morgan fingerprint density at radius 3 is 2.71 bits per heavy atom. The molecule has 1 aromatic heterocycles. The topological polar surface area (TPSA) is 65.2 Å². The summed E-state index contributed by atoms with van der Waals surface area (Å²) >= 11 is 0. The van der Waals surface area contributed by atoms with Crippen LogP contribution in [-0.4, -0.2) is 22.7 Å². The van der Waals surface area contributed by atoms with E-state index in [-0.39, 0.29) is 11.4 Å². The van der Waals surface area contributed by atoms with Gasteiger partial charge in [0.2, 0.25) is 5.89 Å². The second-order valence-electron chi connectivity index (χ2n) is 5.33. The fraction of sp³-hybridized carbons (Fsp3) is 0.750. The van der Waals surface area contributed by atoms with Crippen LogP contribution in [0.2, 0.25) is 0 Å². The predicted octanol–water partition coefficient (Wildman–Crippen LogP) is 1.96. The van der Waals surface area contributed by atoms with E-state index in [0.29, 0.717) is 18.3 Å². The lowest BCUT2D eigenvalue weighted by Gasteiger charge is -2.17. The van der Waals surface area contributed by atoms with Crippen LogP contribution >= 0.6 is 0 Å². The first-order chi connectivity index (χ1) is 7.90. The minimum Gasteiger partial charge on any atom is -0.465 e. The van der Waals surface area contributed by atoms with E-state index in [0.717, 1.165) is 12.8 Å². The van der Waals surface area contributed by atoms with Gasteiger partial charge in [0.05, 0.1) is 6.61 Å². The van der Waals surface area contributed by atoms with Crippen LogP contribution in [-0.2, 0) is 20.4 Å². The molecule has 5 heteroatoms. The summed E-state index contributed by atoms with van der Waals surface area (Å²) in [5.74, 6) is 0.695. The number of aromatic nitrogens is 2. The van der Waals surface area contributed by atoms with Crippen LogP contribution in [0.15, 0.2) is 4.52 Å². The Balaban J connectivity index is 2.21. The van der Waals surface area contributed by atoms with Crippen LogP contribution in [0, 0.1) is 0 Å². The lowest BCUT2D eigenvalue weighted by molar-refractivity contribution is -0.149.